The van der Waals surface area contributed by atoms with Crippen LogP contribution < -0.4 is 20.3 Å². The van der Waals surface area contributed by atoms with Gasteiger partial charge in [0.15, 0.2) is 11.5 Å². The smallest absolute Gasteiger partial charge is 0.290 e. The summed E-state index contributed by atoms with van der Waals surface area (Å²) >= 11 is 0. The highest BCUT2D eigenvalue weighted by molar-refractivity contribution is 5.96. The number of hydrogen-bond donors (Lipinski definition) is 3. The SMILES string of the molecule is COc1cc2c(cc1OC)C(c1ccc(=O)[nH]c1)CC(=O)N2.O=CO. The molecule has 1 unspecified atom stereocenters. The molecule has 0 spiro atoms. The fourth-order valence-electron chi connectivity index (χ4n) is 2.72. The molecule has 0 saturated carbocycles. The van der Waals surface area contributed by atoms with Gasteiger partial charge in [0.05, 0.1) is 14.2 Å². The van der Waals surface area contributed by atoms with Crippen LogP contribution in [0.2, 0.25) is 0 Å². The van der Waals surface area contributed by atoms with Crippen molar-refractivity contribution in [3.8, 4) is 11.5 Å². The number of hydrogen-bond acceptors (Lipinski definition) is 5. The number of carboxylic acid groups (broad SMARTS) is 1. The number of rotatable bonds is 3. The number of amides is 1. The number of nitrogens with one attached hydrogen (secondary N) is 2. The molecule has 0 radical (unpaired) electrons. The second kappa shape index (κ2) is 8.00. The summed E-state index contributed by atoms with van der Waals surface area (Å²) in [5, 5.41) is 9.74. The minimum Gasteiger partial charge on any atom is -0.493 e. The third-order valence-electron chi connectivity index (χ3n) is 3.81. The number of aromatic nitrogens is 1. The zero-order valence-electron chi connectivity index (χ0n) is 13.7. The van der Waals surface area contributed by atoms with Gasteiger partial charge in [0.1, 0.15) is 0 Å². The van der Waals surface area contributed by atoms with Crippen LogP contribution >= 0.6 is 0 Å². The predicted molar refractivity (Wildman–Crippen MR) is 90.4 cm³/mol. The van der Waals surface area contributed by atoms with Crippen molar-refractivity contribution in [2.45, 2.75) is 12.3 Å². The van der Waals surface area contributed by atoms with Gasteiger partial charge in [-0.3, -0.25) is 14.4 Å². The Kier molecular flexibility index (Phi) is 5.78. The Balaban J connectivity index is 0.000000701. The zero-order valence-corrected chi connectivity index (χ0v) is 13.7. The number of fused-ring (bicyclic) bond motifs is 1. The van der Waals surface area contributed by atoms with E-state index in [0.29, 0.717) is 23.6 Å². The molecule has 1 atom stereocenters. The van der Waals surface area contributed by atoms with Gasteiger partial charge in [0.25, 0.3) is 6.47 Å². The van der Waals surface area contributed by atoms with Crippen LogP contribution in [-0.4, -0.2) is 36.7 Å². The standard InChI is InChI=1S/C16H16N2O4.CH2O2/c1-21-13-5-11-10(9-3-4-15(19)17-8-9)6-16(20)18-12(11)7-14(13)22-2;2-1-3/h3-5,7-8,10H,6H2,1-2H3,(H,17,19)(H,18,20);1H,(H,2,3). The van der Waals surface area contributed by atoms with E-state index in [2.05, 4.69) is 10.3 Å². The monoisotopic (exact) mass is 346 g/mol. The molecule has 8 nitrogen and oxygen atoms in total. The average Bonchev–Trinajstić information content (AvgIpc) is 2.61. The summed E-state index contributed by atoms with van der Waals surface area (Å²) in [6.45, 7) is -0.250. The lowest BCUT2D eigenvalue weighted by molar-refractivity contribution is -0.123. The van der Waals surface area contributed by atoms with Gasteiger partial charge in [-0.15, -0.1) is 0 Å². The summed E-state index contributed by atoms with van der Waals surface area (Å²) in [7, 11) is 3.12. The maximum Gasteiger partial charge on any atom is 0.290 e. The molecule has 0 bridgehead atoms. The summed E-state index contributed by atoms with van der Waals surface area (Å²) in [4.78, 5) is 34.2. The molecule has 2 heterocycles. The molecule has 132 valence electrons. The van der Waals surface area contributed by atoms with Crippen molar-refractivity contribution in [1.82, 2.24) is 4.98 Å². The number of anilines is 1. The Labute approximate surface area is 143 Å². The van der Waals surface area contributed by atoms with E-state index in [0.717, 1.165) is 11.1 Å². The van der Waals surface area contributed by atoms with Gasteiger partial charge < -0.3 is 24.9 Å². The topological polar surface area (TPSA) is 118 Å². The Morgan fingerprint density at radius 3 is 2.36 bits per heavy atom. The molecule has 0 aliphatic carbocycles. The molecule has 3 N–H and O–H groups in total. The van der Waals surface area contributed by atoms with Gasteiger partial charge in [-0.05, 0) is 17.2 Å². The lowest BCUT2D eigenvalue weighted by Crippen LogP contribution is -2.24. The highest BCUT2D eigenvalue weighted by Gasteiger charge is 2.28. The molecule has 1 aliphatic rings. The highest BCUT2D eigenvalue weighted by Crippen LogP contribution is 2.42. The third-order valence-corrected chi connectivity index (χ3v) is 3.81. The number of methoxy groups -OCH3 is 2. The second-order valence-electron chi connectivity index (χ2n) is 5.19. The zero-order chi connectivity index (χ0) is 18.4. The maximum absolute atomic E-state index is 12.0. The van der Waals surface area contributed by atoms with Crippen molar-refractivity contribution < 1.29 is 24.2 Å². The molecule has 1 aliphatic heterocycles. The van der Waals surface area contributed by atoms with Crippen LogP contribution in [0.4, 0.5) is 5.69 Å². The number of benzene rings is 1. The fraction of sp³-hybridized carbons (Fsp3) is 0.235. The Hall–Kier alpha value is -3.29. The summed E-state index contributed by atoms with van der Waals surface area (Å²) in [6, 6.07) is 6.82. The van der Waals surface area contributed by atoms with Crippen LogP contribution in [0.5, 0.6) is 11.5 Å². The predicted octanol–water partition coefficient (Wildman–Crippen LogP) is 1.57. The van der Waals surface area contributed by atoms with E-state index < -0.39 is 0 Å². The highest BCUT2D eigenvalue weighted by atomic mass is 16.5. The first-order valence-corrected chi connectivity index (χ1v) is 7.36. The van der Waals surface area contributed by atoms with E-state index in [4.69, 9.17) is 19.4 Å². The molecular weight excluding hydrogens is 328 g/mol. The second-order valence-corrected chi connectivity index (χ2v) is 5.19. The van der Waals surface area contributed by atoms with Crippen LogP contribution in [0.3, 0.4) is 0 Å². The number of pyridine rings is 1. The quantitative estimate of drug-likeness (QED) is 0.726. The van der Waals surface area contributed by atoms with Crippen LogP contribution in [0.25, 0.3) is 0 Å². The molecular formula is C17H18N2O6. The molecule has 2 aromatic rings. The molecule has 3 rings (SSSR count). The van der Waals surface area contributed by atoms with Crippen molar-refractivity contribution in [2.24, 2.45) is 0 Å². The van der Waals surface area contributed by atoms with Crippen molar-refractivity contribution in [3.63, 3.8) is 0 Å². The van der Waals surface area contributed by atoms with E-state index in [1.165, 1.54) is 6.07 Å². The summed E-state index contributed by atoms with van der Waals surface area (Å²) in [5.41, 5.74) is 2.34. The maximum atomic E-state index is 12.0. The molecule has 25 heavy (non-hydrogen) atoms. The minimum atomic E-state index is -0.250. The number of H-pyrrole nitrogens is 1. The normalized spacial score (nSPS) is 15.1. The van der Waals surface area contributed by atoms with Gasteiger partial charge in [-0.2, -0.15) is 0 Å². The summed E-state index contributed by atoms with van der Waals surface area (Å²) < 4.78 is 10.6. The van der Waals surface area contributed by atoms with Crippen molar-refractivity contribution in [3.05, 3.63) is 51.9 Å². The van der Waals surface area contributed by atoms with Gasteiger partial charge in [-0.25, -0.2) is 0 Å². The molecule has 1 amide bonds. The van der Waals surface area contributed by atoms with Gasteiger partial charge >= 0.3 is 0 Å². The van der Waals surface area contributed by atoms with Crippen molar-refractivity contribution >= 4 is 18.1 Å². The van der Waals surface area contributed by atoms with E-state index >= 15 is 0 Å². The van der Waals surface area contributed by atoms with E-state index in [1.807, 2.05) is 6.07 Å². The molecule has 0 fully saturated rings. The first-order chi connectivity index (χ1) is 12.0. The van der Waals surface area contributed by atoms with Gasteiger partial charge in [0.2, 0.25) is 11.5 Å². The molecule has 0 saturated heterocycles. The largest absolute Gasteiger partial charge is 0.493 e. The molecule has 1 aromatic carbocycles. The van der Waals surface area contributed by atoms with Crippen molar-refractivity contribution in [2.75, 3.05) is 19.5 Å². The Bertz CT molecular complexity index is 810. The average molecular weight is 346 g/mol. The minimum absolute atomic E-state index is 0.0732. The van der Waals surface area contributed by atoms with E-state index in [-0.39, 0.29) is 23.9 Å². The first-order valence-electron chi connectivity index (χ1n) is 7.36. The van der Waals surface area contributed by atoms with Crippen LogP contribution in [0, 0.1) is 0 Å². The lowest BCUT2D eigenvalue weighted by atomic mass is 9.85. The van der Waals surface area contributed by atoms with E-state index in [1.54, 1.807) is 32.5 Å². The number of ether oxygens (including phenoxy) is 2. The van der Waals surface area contributed by atoms with Gasteiger partial charge in [-0.1, -0.05) is 6.07 Å². The van der Waals surface area contributed by atoms with Crippen molar-refractivity contribution in [1.29, 1.82) is 0 Å². The number of carbonyl (C=O) groups excluding carboxylic acids is 1. The van der Waals surface area contributed by atoms with E-state index in [9.17, 15) is 9.59 Å². The fourth-order valence-corrected chi connectivity index (χ4v) is 2.72. The summed E-state index contributed by atoms with van der Waals surface area (Å²) in [6.07, 6.45) is 1.96. The van der Waals surface area contributed by atoms with Crippen LogP contribution in [0.15, 0.2) is 35.3 Å². The summed E-state index contributed by atoms with van der Waals surface area (Å²) in [5.74, 6) is 0.951. The third kappa shape index (κ3) is 3.97. The lowest BCUT2D eigenvalue weighted by Gasteiger charge is -2.27. The molecule has 8 heteroatoms. The number of aromatic amines is 1. The van der Waals surface area contributed by atoms with Crippen LogP contribution in [0.1, 0.15) is 23.5 Å². The number of carbonyl (C=O) groups is 2. The first kappa shape index (κ1) is 18.1. The van der Waals surface area contributed by atoms with Crippen LogP contribution in [-0.2, 0) is 9.59 Å². The Morgan fingerprint density at radius 2 is 1.80 bits per heavy atom. The van der Waals surface area contributed by atoms with Gasteiger partial charge in [0, 0.05) is 36.4 Å². The molecule has 1 aromatic heterocycles. The Morgan fingerprint density at radius 1 is 1.16 bits per heavy atom.